The summed E-state index contributed by atoms with van der Waals surface area (Å²) in [6.07, 6.45) is 3.45. The van der Waals surface area contributed by atoms with Crippen molar-refractivity contribution in [3.05, 3.63) is 35.4 Å². The van der Waals surface area contributed by atoms with Crippen LogP contribution in [0.5, 0.6) is 11.5 Å². The van der Waals surface area contributed by atoms with E-state index in [9.17, 15) is 4.79 Å². The fourth-order valence-electron chi connectivity index (χ4n) is 3.19. The van der Waals surface area contributed by atoms with Gasteiger partial charge in [-0.1, -0.05) is 0 Å². The van der Waals surface area contributed by atoms with Crippen molar-refractivity contribution in [2.24, 2.45) is 0 Å². The van der Waals surface area contributed by atoms with Crippen LogP contribution in [0.4, 0.5) is 0 Å². The highest BCUT2D eigenvalue weighted by atomic mass is 16.5. The first kappa shape index (κ1) is 16.3. The number of carbonyl (C=O) groups excluding carboxylic acids is 1. The second kappa shape index (κ2) is 6.90. The smallest absolute Gasteiger partial charge is 0.254 e. The van der Waals surface area contributed by atoms with Gasteiger partial charge in [0.05, 0.1) is 14.2 Å². The van der Waals surface area contributed by atoms with E-state index in [4.69, 9.17) is 9.47 Å². The number of nitrogens with zero attached hydrogens (tertiary/aromatic N) is 3. The zero-order valence-electron chi connectivity index (χ0n) is 14.2. The van der Waals surface area contributed by atoms with Crippen molar-refractivity contribution in [1.29, 1.82) is 0 Å². The number of benzene rings is 1. The topological polar surface area (TPSA) is 80.3 Å². The van der Waals surface area contributed by atoms with Crippen LogP contribution in [0.2, 0.25) is 0 Å². The number of likely N-dealkylation sites (tertiary alicyclic amines) is 1. The minimum Gasteiger partial charge on any atom is -0.496 e. The van der Waals surface area contributed by atoms with Gasteiger partial charge in [0.1, 0.15) is 23.7 Å². The third kappa shape index (κ3) is 3.06. The Hall–Kier alpha value is -2.57. The van der Waals surface area contributed by atoms with Crippen LogP contribution >= 0.6 is 0 Å². The van der Waals surface area contributed by atoms with E-state index >= 15 is 0 Å². The average Bonchev–Trinajstić information content (AvgIpc) is 3.16. The molecule has 1 fully saturated rings. The lowest BCUT2D eigenvalue weighted by molar-refractivity contribution is 0.0704. The molecule has 0 saturated carbocycles. The Labute approximate surface area is 141 Å². The van der Waals surface area contributed by atoms with Gasteiger partial charge < -0.3 is 14.4 Å². The third-order valence-corrected chi connectivity index (χ3v) is 4.53. The first-order chi connectivity index (χ1) is 11.6. The quantitative estimate of drug-likeness (QED) is 0.929. The van der Waals surface area contributed by atoms with Crippen molar-refractivity contribution >= 4 is 5.91 Å². The minimum atomic E-state index is -0.0178. The molecule has 2 heterocycles. The summed E-state index contributed by atoms with van der Waals surface area (Å²) in [5.41, 5.74) is 1.46. The molecule has 1 amide bonds. The molecule has 1 aromatic carbocycles. The second-order valence-corrected chi connectivity index (χ2v) is 5.97. The Bertz CT molecular complexity index is 690. The summed E-state index contributed by atoms with van der Waals surface area (Å²) in [4.78, 5) is 19.0. The van der Waals surface area contributed by atoms with Crippen LogP contribution in [0.15, 0.2) is 18.5 Å². The maximum absolute atomic E-state index is 12.9. The van der Waals surface area contributed by atoms with Gasteiger partial charge in [-0.25, -0.2) is 4.98 Å². The van der Waals surface area contributed by atoms with Gasteiger partial charge in [-0.05, 0) is 31.9 Å². The lowest BCUT2D eigenvalue weighted by Crippen LogP contribution is -2.39. The lowest BCUT2D eigenvalue weighted by Gasteiger charge is -2.32. The van der Waals surface area contributed by atoms with E-state index < -0.39 is 0 Å². The molecule has 0 aliphatic carbocycles. The van der Waals surface area contributed by atoms with Crippen LogP contribution < -0.4 is 9.47 Å². The zero-order valence-corrected chi connectivity index (χ0v) is 14.2. The maximum atomic E-state index is 12.9. The molecule has 1 N–H and O–H groups in total. The van der Waals surface area contributed by atoms with Gasteiger partial charge in [-0.15, -0.1) is 0 Å². The summed E-state index contributed by atoms with van der Waals surface area (Å²) in [5.74, 6) is 2.32. The minimum absolute atomic E-state index is 0.0178. The number of aromatic amines is 1. The number of aromatic nitrogens is 3. The van der Waals surface area contributed by atoms with Gasteiger partial charge in [0, 0.05) is 30.1 Å². The van der Waals surface area contributed by atoms with Crippen molar-refractivity contribution in [3.63, 3.8) is 0 Å². The summed E-state index contributed by atoms with van der Waals surface area (Å²) >= 11 is 0. The average molecular weight is 330 g/mol. The van der Waals surface area contributed by atoms with E-state index in [0.29, 0.717) is 23.6 Å². The molecule has 1 aliphatic heterocycles. The zero-order chi connectivity index (χ0) is 17.1. The number of methoxy groups -OCH3 is 2. The van der Waals surface area contributed by atoms with E-state index in [1.165, 1.54) is 6.33 Å². The molecule has 2 aromatic rings. The summed E-state index contributed by atoms with van der Waals surface area (Å²) in [7, 11) is 3.19. The maximum Gasteiger partial charge on any atom is 0.254 e. The number of hydrogen-bond acceptors (Lipinski definition) is 5. The Balaban J connectivity index is 1.83. The molecule has 1 saturated heterocycles. The molecule has 0 bridgehead atoms. The molecule has 24 heavy (non-hydrogen) atoms. The van der Waals surface area contributed by atoms with E-state index in [0.717, 1.165) is 30.8 Å². The number of amides is 1. The first-order valence-corrected chi connectivity index (χ1v) is 8.01. The Kier molecular flexibility index (Phi) is 4.69. The number of rotatable bonds is 4. The van der Waals surface area contributed by atoms with Crippen LogP contribution in [-0.2, 0) is 0 Å². The normalized spacial score (nSPS) is 17.6. The Morgan fingerprint density at radius 3 is 2.58 bits per heavy atom. The highest BCUT2D eigenvalue weighted by Gasteiger charge is 2.27. The molecule has 1 unspecified atom stereocenters. The Morgan fingerprint density at radius 1 is 1.29 bits per heavy atom. The molecule has 0 radical (unpaired) electrons. The molecular weight excluding hydrogens is 308 g/mol. The number of nitrogens with one attached hydrogen (secondary N) is 1. The van der Waals surface area contributed by atoms with E-state index in [1.807, 2.05) is 11.8 Å². The molecule has 7 heteroatoms. The predicted molar refractivity (Wildman–Crippen MR) is 88.5 cm³/mol. The standard InChI is InChI=1S/C17H22N4O3/c1-11-14(23-2)7-13(8-15(11)24-3)17(22)21-6-4-5-12(9-21)16-18-10-19-20-16/h7-8,10,12H,4-6,9H2,1-3H3,(H,18,19,20). The van der Waals surface area contributed by atoms with Crippen LogP contribution in [0.1, 0.15) is 40.5 Å². The van der Waals surface area contributed by atoms with E-state index in [2.05, 4.69) is 15.2 Å². The van der Waals surface area contributed by atoms with Crippen molar-refractivity contribution in [3.8, 4) is 11.5 Å². The number of ether oxygens (including phenoxy) is 2. The molecular formula is C17H22N4O3. The highest BCUT2D eigenvalue weighted by Crippen LogP contribution is 2.31. The molecule has 128 valence electrons. The van der Waals surface area contributed by atoms with Crippen molar-refractivity contribution in [1.82, 2.24) is 20.1 Å². The van der Waals surface area contributed by atoms with Gasteiger partial charge in [0.25, 0.3) is 5.91 Å². The number of H-pyrrole nitrogens is 1. The van der Waals surface area contributed by atoms with E-state index in [-0.39, 0.29) is 11.8 Å². The van der Waals surface area contributed by atoms with Gasteiger partial charge in [0.2, 0.25) is 0 Å². The van der Waals surface area contributed by atoms with Crippen molar-refractivity contribution < 1.29 is 14.3 Å². The summed E-state index contributed by atoms with van der Waals surface area (Å²) in [5, 5.41) is 6.82. The highest BCUT2D eigenvalue weighted by molar-refractivity contribution is 5.95. The van der Waals surface area contributed by atoms with Crippen molar-refractivity contribution in [2.45, 2.75) is 25.7 Å². The van der Waals surface area contributed by atoms with Crippen LogP contribution in [0, 0.1) is 6.92 Å². The fourth-order valence-corrected chi connectivity index (χ4v) is 3.19. The third-order valence-electron chi connectivity index (χ3n) is 4.53. The fraction of sp³-hybridized carbons (Fsp3) is 0.471. The SMILES string of the molecule is COc1cc(C(=O)N2CCCC(c3ncn[nH]3)C2)cc(OC)c1C. The molecule has 1 atom stereocenters. The molecule has 0 spiro atoms. The molecule has 1 aliphatic rings. The number of carbonyl (C=O) groups is 1. The van der Waals surface area contributed by atoms with Gasteiger partial charge in [-0.2, -0.15) is 5.10 Å². The van der Waals surface area contributed by atoms with E-state index in [1.54, 1.807) is 26.4 Å². The molecule has 3 rings (SSSR count). The van der Waals surface area contributed by atoms with Crippen LogP contribution in [-0.4, -0.2) is 53.3 Å². The Morgan fingerprint density at radius 2 is 2.00 bits per heavy atom. The largest absolute Gasteiger partial charge is 0.496 e. The summed E-state index contributed by atoms with van der Waals surface area (Å²) in [6.45, 7) is 3.28. The second-order valence-electron chi connectivity index (χ2n) is 5.97. The van der Waals surface area contributed by atoms with Crippen molar-refractivity contribution in [2.75, 3.05) is 27.3 Å². The van der Waals surface area contributed by atoms with Gasteiger partial charge in [0.15, 0.2) is 0 Å². The van der Waals surface area contributed by atoms with Gasteiger partial charge >= 0.3 is 0 Å². The lowest BCUT2D eigenvalue weighted by atomic mass is 9.96. The molecule has 1 aromatic heterocycles. The summed E-state index contributed by atoms with van der Waals surface area (Å²) < 4.78 is 10.7. The molecule has 7 nitrogen and oxygen atoms in total. The summed E-state index contributed by atoms with van der Waals surface area (Å²) in [6, 6.07) is 3.55. The van der Waals surface area contributed by atoms with Crippen LogP contribution in [0.25, 0.3) is 0 Å². The predicted octanol–water partition coefficient (Wildman–Crippen LogP) is 2.15. The number of hydrogen-bond donors (Lipinski definition) is 1. The number of piperidine rings is 1. The monoisotopic (exact) mass is 330 g/mol. The van der Waals surface area contributed by atoms with Crippen LogP contribution in [0.3, 0.4) is 0 Å². The van der Waals surface area contributed by atoms with Gasteiger partial charge in [-0.3, -0.25) is 9.89 Å². The first-order valence-electron chi connectivity index (χ1n) is 8.01.